The summed E-state index contributed by atoms with van der Waals surface area (Å²) in [6, 6.07) is 5.15. The van der Waals surface area contributed by atoms with Gasteiger partial charge in [0, 0.05) is 18.9 Å². The molecule has 31 heavy (non-hydrogen) atoms. The second-order valence-corrected chi connectivity index (χ2v) is 8.64. The first-order valence-corrected chi connectivity index (χ1v) is 11.6. The van der Waals surface area contributed by atoms with E-state index in [-0.39, 0.29) is 0 Å². The lowest BCUT2D eigenvalue weighted by atomic mass is 10.1. The zero-order valence-electron chi connectivity index (χ0n) is 18.4. The third kappa shape index (κ3) is 6.79. The lowest BCUT2D eigenvalue weighted by Gasteiger charge is -2.24. The highest BCUT2D eigenvalue weighted by Gasteiger charge is 2.19. The van der Waals surface area contributed by atoms with Crippen molar-refractivity contribution in [2.45, 2.75) is 19.1 Å². The molecule has 10 heteroatoms. The molecule has 0 atom stereocenters. The highest BCUT2D eigenvalue weighted by molar-refractivity contribution is 8.38. The molecule has 0 aromatic heterocycles. The normalized spacial score (nSPS) is 14.2. The van der Waals surface area contributed by atoms with Gasteiger partial charge in [-0.25, -0.2) is 26.5 Å². The fraction of sp³-hybridized carbons (Fsp3) is 0.333. The van der Waals surface area contributed by atoms with E-state index in [0.29, 0.717) is 17.9 Å². The van der Waals surface area contributed by atoms with E-state index in [1.807, 2.05) is 43.5 Å². The van der Waals surface area contributed by atoms with Crippen molar-refractivity contribution < 1.29 is 14.3 Å². The Morgan fingerprint density at radius 3 is 2.52 bits per heavy atom. The van der Waals surface area contributed by atoms with Gasteiger partial charge in [-0.1, -0.05) is 23.9 Å². The van der Waals surface area contributed by atoms with Crippen molar-refractivity contribution in [3.8, 4) is 0 Å². The minimum absolute atomic E-state index is 0.503. The van der Waals surface area contributed by atoms with Crippen molar-refractivity contribution in [3.63, 3.8) is 0 Å². The molecular formula is C21H29N5O3S2. The van der Waals surface area contributed by atoms with Crippen LogP contribution in [0, 0.1) is 6.92 Å². The van der Waals surface area contributed by atoms with Crippen molar-refractivity contribution >= 4 is 39.6 Å². The van der Waals surface area contributed by atoms with E-state index in [9.17, 15) is 4.79 Å². The van der Waals surface area contributed by atoms with Crippen LogP contribution in [0.25, 0.3) is 0 Å². The summed E-state index contributed by atoms with van der Waals surface area (Å²) in [5, 5.41) is 2.02. The lowest BCUT2D eigenvalue weighted by Crippen LogP contribution is -2.49. The van der Waals surface area contributed by atoms with Crippen LogP contribution in [0.15, 0.2) is 58.6 Å². The SMILES string of the molecule is COC1=CC=C(N=C(SC)SCc2c(C)cccc2N(N)C(=O)N(C)N)C=C(OC)C1. The zero-order chi connectivity index (χ0) is 23.0. The molecule has 8 nitrogen and oxygen atoms in total. The fourth-order valence-corrected chi connectivity index (χ4v) is 4.42. The zero-order valence-corrected chi connectivity index (χ0v) is 20.0. The Labute approximate surface area is 192 Å². The van der Waals surface area contributed by atoms with Gasteiger partial charge in [-0.3, -0.25) is 5.01 Å². The fourth-order valence-electron chi connectivity index (χ4n) is 2.76. The molecule has 0 fully saturated rings. The van der Waals surface area contributed by atoms with E-state index in [2.05, 4.69) is 0 Å². The molecule has 168 valence electrons. The summed E-state index contributed by atoms with van der Waals surface area (Å²) < 4.78 is 11.6. The number of hydrazine groups is 2. The van der Waals surface area contributed by atoms with Crippen LogP contribution in [-0.2, 0) is 15.2 Å². The Kier molecular flexibility index (Phi) is 9.50. The predicted molar refractivity (Wildman–Crippen MR) is 130 cm³/mol. The Balaban J connectivity index is 2.28. The minimum atomic E-state index is -0.503. The number of allylic oxidation sites excluding steroid dienone is 3. The van der Waals surface area contributed by atoms with Gasteiger partial charge < -0.3 is 9.47 Å². The summed E-state index contributed by atoms with van der Waals surface area (Å²) in [6.45, 7) is 1.98. The Morgan fingerprint density at radius 2 is 1.90 bits per heavy atom. The van der Waals surface area contributed by atoms with Gasteiger partial charge in [0.25, 0.3) is 0 Å². The number of methoxy groups -OCH3 is 2. The van der Waals surface area contributed by atoms with E-state index >= 15 is 0 Å². The van der Waals surface area contributed by atoms with E-state index in [1.165, 1.54) is 7.05 Å². The number of hydrogen-bond acceptors (Lipinski definition) is 8. The van der Waals surface area contributed by atoms with Gasteiger partial charge in [0.1, 0.15) is 15.9 Å². The minimum Gasteiger partial charge on any atom is -0.501 e. The molecular weight excluding hydrogens is 434 g/mol. The number of aryl methyl sites for hydroxylation is 1. The Hall–Kier alpha value is -2.40. The number of carbonyl (C=O) groups excluding carboxylic acids is 1. The quantitative estimate of drug-likeness (QED) is 0.217. The molecule has 2 rings (SSSR count). The summed E-state index contributed by atoms with van der Waals surface area (Å²) in [5.41, 5.74) is 3.34. The van der Waals surface area contributed by atoms with Gasteiger partial charge in [0.15, 0.2) is 0 Å². The average Bonchev–Trinajstić information content (AvgIpc) is 2.97. The van der Waals surface area contributed by atoms with Crippen molar-refractivity contribution in [1.82, 2.24) is 5.01 Å². The number of ether oxygens (including phenoxy) is 2. The molecule has 1 aromatic carbocycles. The number of urea groups is 1. The molecule has 0 bridgehead atoms. The summed E-state index contributed by atoms with van der Waals surface area (Å²) in [6.07, 6.45) is 8.24. The third-order valence-corrected chi connectivity index (χ3v) is 6.57. The highest BCUT2D eigenvalue weighted by Crippen LogP contribution is 2.30. The van der Waals surface area contributed by atoms with Crippen LogP contribution in [0.5, 0.6) is 0 Å². The number of hydrogen-bond donors (Lipinski definition) is 2. The summed E-state index contributed by atoms with van der Waals surface area (Å²) >= 11 is 3.11. The molecule has 0 unspecified atom stereocenters. The Bertz CT molecular complexity index is 926. The molecule has 0 radical (unpaired) electrons. The van der Waals surface area contributed by atoms with Gasteiger partial charge >= 0.3 is 6.03 Å². The second kappa shape index (κ2) is 11.8. The second-order valence-electron chi connectivity index (χ2n) is 6.63. The van der Waals surface area contributed by atoms with E-state index in [4.69, 9.17) is 26.2 Å². The van der Waals surface area contributed by atoms with Gasteiger partial charge in [0.2, 0.25) is 0 Å². The van der Waals surface area contributed by atoms with E-state index in [0.717, 1.165) is 42.7 Å². The maximum atomic E-state index is 12.2. The summed E-state index contributed by atoms with van der Waals surface area (Å²) in [5.74, 6) is 13.8. The van der Waals surface area contributed by atoms with Crippen LogP contribution in [0.4, 0.5) is 10.5 Å². The van der Waals surface area contributed by atoms with E-state index < -0.39 is 6.03 Å². The van der Waals surface area contributed by atoms with Crippen LogP contribution in [-0.4, -0.2) is 42.9 Å². The highest BCUT2D eigenvalue weighted by atomic mass is 32.2. The number of aliphatic imine (C=N–C) groups is 1. The molecule has 1 aliphatic rings. The van der Waals surface area contributed by atoms with Crippen LogP contribution in [0.1, 0.15) is 17.5 Å². The molecule has 0 saturated heterocycles. The summed E-state index contributed by atoms with van der Waals surface area (Å²) in [7, 11) is 4.73. The number of anilines is 1. The average molecular weight is 464 g/mol. The van der Waals surface area contributed by atoms with Crippen molar-refractivity contribution in [3.05, 3.63) is 64.8 Å². The number of nitrogens with zero attached hydrogens (tertiary/aromatic N) is 3. The predicted octanol–water partition coefficient (Wildman–Crippen LogP) is 3.90. The van der Waals surface area contributed by atoms with Crippen molar-refractivity contribution in [2.75, 3.05) is 32.5 Å². The van der Waals surface area contributed by atoms with Crippen LogP contribution in [0.2, 0.25) is 0 Å². The Morgan fingerprint density at radius 1 is 1.19 bits per heavy atom. The standard InChI is InChI=1S/C21H29N5O3S2/c1-14-7-6-8-19(26(23)21(27)25(2)22)18(14)13-31-20(30-5)24-15-9-10-16(28-3)12-17(11-15)29-4/h6-11H,12-13,22-23H2,1-5H3. The molecule has 4 N–H and O–H groups in total. The van der Waals surface area contributed by atoms with Crippen molar-refractivity contribution in [2.24, 2.45) is 16.7 Å². The van der Waals surface area contributed by atoms with Crippen LogP contribution < -0.4 is 16.7 Å². The molecule has 1 aliphatic carbocycles. The van der Waals surface area contributed by atoms with Crippen molar-refractivity contribution in [1.29, 1.82) is 0 Å². The number of nitrogens with two attached hydrogens (primary N) is 2. The molecule has 0 saturated carbocycles. The topological polar surface area (TPSA) is 106 Å². The lowest BCUT2D eigenvalue weighted by molar-refractivity contribution is 0.216. The maximum absolute atomic E-state index is 12.2. The van der Waals surface area contributed by atoms with Gasteiger partial charge in [-0.2, -0.15) is 0 Å². The number of thioether (sulfide) groups is 2. The number of rotatable bonds is 6. The van der Waals surface area contributed by atoms with Gasteiger partial charge in [-0.15, -0.1) is 11.8 Å². The monoisotopic (exact) mass is 463 g/mol. The molecule has 0 spiro atoms. The number of benzene rings is 1. The third-order valence-electron chi connectivity index (χ3n) is 4.51. The van der Waals surface area contributed by atoms with Crippen LogP contribution in [0.3, 0.4) is 0 Å². The molecule has 0 aliphatic heterocycles. The number of carbonyl (C=O) groups is 1. The molecule has 2 amide bonds. The maximum Gasteiger partial charge on any atom is 0.352 e. The molecule has 1 aromatic rings. The van der Waals surface area contributed by atoms with Gasteiger partial charge in [-0.05, 0) is 42.5 Å². The number of amides is 2. The van der Waals surface area contributed by atoms with E-state index in [1.54, 1.807) is 43.8 Å². The first kappa shape index (κ1) is 24.9. The van der Waals surface area contributed by atoms with Crippen LogP contribution >= 0.6 is 23.5 Å². The first-order chi connectivity index (χ1) is 14.8. The molecule has 0 heterocycles. The largest absolute Gasteiger partial charge is 0.501 e. The first-order valence-electron chi connectivity index (χ1n) is 9.41. The summed E-state index contributed by atoms with van der Waals surface area (Å²) in [4.78, 5) is 17.0. The smallest absolute Gasteiger partial charge is 0.352 e. The van der Waals surface area contributed by atoms with Gasteiger partial charge in [0.05, 0.1) is 32.0 Å².